The van der Waals surface area contributed by atoms with E-state index in [1.807, 2.05) is 24.3 Å². The number of para-hydroxylation sites is 2. The Balaban J connectivity index is 1.46. The molecule has 0 saturated carbocycles. The van der Waals surface area contributed by atoms with Crippen molar-refractivity contribution in [1.29, 1.82) is 0 Å². The molecular formula is C20H16N2O4. The molecule has 2 amide bonds. The summed E-state index contributed by atoms with van der Waals surface area (Å²) >= 11 is 0. The van der Waals surface area contributed by atoms with Gasteiger partial charge in [-0.1, -0.05) is 36.4 Å². The van der Waals surface area contributed by atoms with Crippen LogP contribution >= 0.6 is 0 Å². The summed E-state index contributed by atoms with van der Waals surface area (Å²) in [7, 11) is 0. The average molecular weight is 348 g/mol. The molecule has 6 heteroatoms. The van der Waals surface area contributed by atoms with Crippen LogP contribution in [0.15, 0.2) is 63.8 Å². The molecule has 1 aliphatic rings. The molecule has 0 radical (unpaired) electrons. The van der Waals surface area contributed by atoms with Crippen molar-refractivity contribution in [2.75, 3.05) is 11.9 Å². The summed E-state index contributed by atoms with van der Waals surface area (Å²) in [5.41, 5.74) is 1.46. The second kappa shape index (κ2) is 6.48. The number of anilines is 1. The fourth-order valence-electron chi connectivity index (χ4n) is 3.21. The number of hydrogen-bond donors (Lipinski definition) is 2. The number of fused-ring (bicyclic) bond motifs is 2. The third-order valence-electron chi connectivity index (χ3n) is 4.52. The normalized spacial score (nSPS) is 15.5. The van der Waals surface area contributed by atoms with E-state index in [4.69, 9.17) is 4.42 Å². The van der Waals surface area contributed by atoms with Gasteiger partial charge in [0.25, 0.3) is 5.91 Å². The van der Waals surface area contributed by atoms with E-state index in [1.54, 1.807) is 24.3 Å². The van der Waals surface area contributed by atoms with Crippen LogP contribution in [0, 0.1) is 0 Å². The Bertz CT molecular complexity index is 1070. The summed E-state index contributed by atoms with van der Waals surface area (Å²) in [6, 6.07) is 16.0. The van der Waals surface area contributed by atoms with E-state index in [0.717, 1.165) is 11.3 Å². The van der Waals surface area contributed by atoms with Crippen LogP contribution in [0.2, 0.25) is 0 Å². The first-order valence-corrected chi connectivity index (χ1v) is 8.34. The van der Waals surface area contributed by atoms with Gasteiger partial charge in [0.05, 0.1) is 5.92 Å². The summed E-state index contributed by atoms with van der Waals surface area (Å²) in [6.45, 7) is 0.275. The largest absolute Gasteiger partial charge is 0.422 e. The van der Waals surface area contributed by atoms with Crippen LogP contribution in [0.4, 0.5) is 5.69 Å². The SMILES string of the molecule is O=C(NCC[C@H]1C(=O)Nc2ccccc21)c1cc2ccccc2oc1=O. The highest BCUT2D eigenvalue weighted by Crippen LogP contribution is 2.33. The molecule has 0 aliphatic carbocycles. The summed E-state index contributed by atoms with van der Waals surface area (Å²) < 4.78 is 5.18. The number of carbonyl (C=O) groups excluding carboxylic acids is 2. The first kappa shape index (κ1) is 16.1. The number of nitrogens with one attached hydrogen (secondary N) is 2. The molecule has 6 nitrogen and oxygen atoms in total. The van der Waals surface area contributed by atoms with Crippen molar-refractivity contribution < 1.29 is 14.0 Å². The molecule has 0 fully saturated rings. The van der Waals surface area contributed by atoms with Crippen molar-refractivity contribution in [3.05, 3.63) is 76.1 Å². The van der Waals surface area contributed by atoms with Gasteiger partial charge in [-0.15, -0.1) is 0 Å². The van der Waals surface area contributed by atoms with E-state index in [0.29, 0.717) is 17.4 Å². The van der Waals surface area contributed by atoms with E-state index in [2.05, 4.69) is 10.6 Å². The Morgan fingerprint density at radius 2 is 1.85 bits per heavy atom. The highest BCUT2D eigenvalue weighted by molar-refractivity contribution is 6.03. The maximum absolute atomic E-state index is 12.3. The van der Waals surface area contributed by atoms with Crippen LogP contribution in [0.25, 0.3) is 11.0 Å². The van der Waals surface area contributed by atoms with Gasteiger partial charge in [-0.3, -0.25) is 9.59 Å². The second-order valence-corrected chi connectivity index (χ2v) is 6.16. The van der Waals surface area contributed by atoms with Crippen LogP contribution in [0.1, 0.15) is 28.3 Å². The molecule has 1 aliphatic heterocycles. The summed E-state index contributed by atoms with van der Waals surface area (Å²) in [5, 5.41) is 6.22. The molecule has 0 unspecified atom stereocenters. The van der Waals surface area contributed by atoms with Gasteiger partial charge in [0.2, 0.25) is 5.91 Å². The molecule has 2 aromatic carbocycles. The Labute approximate surface area is 148 Å². The fourth-order valence-corrected chi connectivity index (χ4v) is 3.21. The van der Waals surface area contributed by atoms with Crippen molar-refractivity contribution in [2.45, 2.75) is 12.3 Å². The maximum atomic E-state index is 12.3. The lowest BCUT2D eigenvalue weighted by Gasteiger charge is -2.10. The molecule has 130 valence electrons. The predicted molar refractivity (Wildman–Crippen MR) is 97.2 cm³/mol. The standard InChI is InChI=1S/C20H16N2O4/c23-18(15-11-12-5-1-4-8-17(12)26-20(15)25)21-10-9-14-13-6-2-3-7-16(13)22-19(14)24/h1-8,11,14H,9-10H2,(H,21,23)(H,22,24)/t14-/m1/s1. The quantitative estimate of drug-likeness (QED) is 0.710. The minimum Gasteiger partial charge on any atom is -0.422 e. The van der Waals surface area contributed by atoms with Gasteiger partial charge in [0, 0.05) is 17.6 Å². The predicted octanol–water partition coefficient (Wildman–Crippen LogP) is 2.65. The van der Waals surface area contributed by atoms with Gasteiger partial charge in [-0.05, 0) is 30.2 Å². The fraction of sp³-hybridized carbons (Fsp3) is 0.150. The molecule has 0 bridgehead atoms. The molecule has 0 spiro atoms. The zero-order chi connectivity index (χ0) is 18.1. The topological polar surface area (TPSA) is 88.4 Å². The lowest BCUT2D eigenvalue weighted by atomic mass is 9.97. The summed E-state index contributed by atoms with van der Waals surface area (Å²) in [5.74, 6) is -0.888. The van der Waals surface area contributed by atoms with Crippen molar-refractivity contribution in [3.63, 3.8) is 0 Å². The van der Waals surface area contributed by atoms with Gasteiger partial charge >= 0.3 is 5.63 Å². The first-order chi connectivity index (χ1) is 12.6. The highest BCUT2D eigenvalue weighted by Gasteiger charge is 2.29. The Morgan fingerprint density at radius 1 is 1.08 bits per heavy atom. The molecular weight excluding hydrogens is 332 g/mol. The van der Waals surface area contributed by atoms with E-state index in [-0.39, 0.29) is 23.9 Å². The second-order valence-electron chi connectivity index (χ2n) is 6.16. The van der Waals surface area contributed by atoms with Crippen LogP contribution in [0.3, 0.4) is 0 Å². The third kappa shape index (κ3) is 2.86. The summed E-state index contributed by atoms with van der Waals surface area (Å²) in [6.07, 6.45) is 0.452. The number of hydrogen-bond acceptors (Lipinski definition) is 4. The van der Waals surface area contributed by atoms with Gasteiger partial charge in [-0.2, -0.15) is 0 Å². The molecule has 2 N–H and O–H groups in total. The van der Waals surface area contributed by atoms with Crippen LogP contribution in [-0.2, 0) is 4.79 Å². The van der Waals surface area contributed by atoms with E-state index in [9.17, 15) is 14.4 Å². The maximum Gasteiger partial charge on any atom is 0.349 e. The molecule has 3 aromatic rings. The van der Waals surface area contributed by atoms with Crippen LogP contribution < -0.4 is 16.3 Å². The van der Waals surface area contributed by atoms with E-state index >= 15 is 0 Å². The smallest absolute Gasteiger partial charge is 0.349 e. The van der Waals surface area contributed by atoms with Gasteiger partial charge < -0.3 is 15.1 Å². The number of amides is 2. The minimum absolute atomic E-state index is 0.0417. The average Bonchev–Trinajstić information content (AvgIpc) is 2.96. The Morgan fingerprint density at radius 3 is 2.73 bits per heavy atom. The molecule has 4 rings (SSSR count). The van der Waals surface area contributed by atoms with E-state index in [1.165, 1.54) is 6.07 Å². The number of benzene rings is 2. The number of carbonyl (C=O) groups is 2. The minimum atomic E-state index is -0.676. The summed E-state index contributed by atoms with van der Waals surface area (Å²) in [4.78, 5) is 36.4. The van der Waals surface area contributed by atoms with Crippen LogP contribution in [-0.4, -0.2) is 18.4 Å². The van der Waals surface area contributed by atoms with Gasteiger partial charge in [0.15, 0.2) is 0 Å². The number of rotatable bonds is 4. The lowest BCUT2D eigenvalue weighted by Crippen LogP contribution is -2.30. The van der Waals surface area contributed by atoms with Gasteiger partial charge in [-0.25, -0.2) is 4.79 Å². The zero-order valence-corrected chi connectivity index (χ0v) is 13.8. The Kier molecular flexibility index (Phi) is 4.01. The Hall–Kier alpha value is -3.41. The molecule has 1 atom stereocenters. The third-order valence-corrected chi connectivity index (χ3v) is 4.52. The lowest BCUT2D eigenvalue weighted by molar-refractivity contribution is -0.117. The van der Waals surface area contributed by atoms with Crippen molar-refractivity contribution in [2.24, 2.45) is 0 Å². The molecule has 2 heterocycles. The van der Waals surface area contributed by atoms with Crippen molar-refractivity contribution in [3.8, 4) is 0 Å². The highest BCUT2D eigenvalue weighted by atomic mass is 16.4. The molecule has 26 heavy (non-hydrogen) atoms. The first-order valence-electron chi connectivity index (χ1n) is 8.34. The monoisotopic (exact) mass is 348 g/mol. The van der Waals surface area contributed by atoms with Crippen molar-refractivity contribution >= 4 is 28.5 Å². The van der Waals surface area contributed by atoms with Crippen LogP contribution in [0.5, 0.6) is 0 Å². The zero-order valence-electron chi connectivity index (χ0n) is 13.8. The van der Waals surface area contributed by atoms with E-state index < -0.39 is 11.5 Å². The molecule has 0 saturated heterocycles. The van der Waals surface area contributed by atoms with Gasteiger partial charge in [0.1, 0.15) is 11.1 Å². The van der Waals surface area contributed by atoms with Crippen molar-refractivity contribution in [1.82, 2.24) is 5.32 Å². The molecule has 1 aromatic heterocycles.